The molecule has 10 aromatic carbocycles. The van der Waals surface area contributed by atoms with Crippen molar-refractivity contribution >= 4 is 67.4 Å². The van der Waals surface area contributed by atoms with Crippen LogP contribution in [0.1, 0.15) is 62.9 Å². The number of allylic oxidation sites excluding steroid dienone is 5. The molecule has 0 atom stereocenters. The topological polar surface area (TPSA) is 201 Å². The van der Waals surface area contributed by atoms with E-state index in [2.05, 4.69) is 26.6 Å². The van der Waals surface area contributed by atoms with Crippen LogP contribution in [-0.2, 0) is 10.0 Å². The molecule has 0 aliphatic heterocycles. The van der Waals surface area contributed by atoms with Gasteiger partial charge >= 0.3 is 0 Å². The first-order chi connectivity index (χ1) is 47.0. The minimum atomic E-state index is -3.48. The van der Waals surface area contributed by atoms with Crippen molar-refractivity contribution in [2.75, 3.05) is 54.9 Å². The molecule has 0 saturated heterocycles. The number of hydrogen-bond donors (Lipinski definition) is 5. The molecule has 10 aromatic rings. The number of carbonyl (C=O) groups excluding carboxylic acids is 5. The third-order valence-electron chi connectivity index (χ3n) is 13.5. The van der Waals surface area contributed by atoms with Crippen molar-refractivity contribution in [3.63, 3.8) is 0 Å². The Morgan fingerprint density at radius 2 is 0.598 bits per heavy atom. The molecule has 492 valence electrons. The highest BCUT2D eigenvalue weighted by Gasteiger charge is 2.17. The summed E-state index contributed by atoms with van der Waals surface area (Å²) >= 11 is 0. The lowest BCUT2D eigenvalue weighted by molar-refractivity contribution is 0.103. The number of nitrogens with one attached hydrogen (secondary N) is 5. The van der Waals surface area contributed by atoms with E-state index in [9.17, 15) is 32.4 Å². The Balaban J connectivity index is 0.000000192. The van der Waals surface area contributed by atoms with Gasteiger partial charge in [-0.1, -0.05) is 194 Å². The molecule has 16 heteroatoms. The molecule has 0 spiro atoms. The Morgan fingerprint density at radius 1 is 0.309 bits per heavy atom. The summed E-state index contributed by atoms with van der Waals surface area (Å²) in [4.78, 5) is 59.3. The van der Waals surface area contributed by atoms with Crippen molar-refractivity contribution in [3.8, 4) is 11.5 Å². The lowest BCUT2D eigenvalue weighted by Gasteiger charge is -2.12. The van der Waals surface area contributed by atoms with Gasteiger partial charge in [0.25, 0.3) is 0 Å². The molecule has 15 nitrogen and oxygen atoms in total. The first kappa shape index (κ1) is 73.8. The Kier molecular flexibility index (Phi) is 31.0. The quantitative estimate of drug-likeness (QED) is 0.0282. The first-order valence-corrected chi connectivity index (χ1v) is 32.0. The molecule has 0 radical (unpaired) electrons. The fraction of sp³-hybridized carbons (Fsp3) is 0.0741. The van der Waals surface area contributed by atoms with E-state index >= 15 is 0 Å². The van der Waals surface area contributed by atoms with Crippen molar-refractivity contribution in [3.05, 3.63) is 373 Å². The Labute approximate surface area is 568 Å². The predicted molar refractivity (Wildman–Crippen MR) is 393 cm³/mol. The average Bonchev–Trinajstić information content (AvgIpc) is 1.03. The summed E-state index contributed by atoms with van der Waals surface area (Å²) in [6.45, 7) is 4.02. The van der Waals surface area contributed by atoms with Crippen molar-refractivity contribution in [1.82, 2.24) is 4.31 Å². The van der Waals surface area contributed by atoms with Gasteiger partial charge in [-0.15, -0.1) is 0 Å². The first-order valence-electron chi connectivity index (χ1n) is 30.6. The van der Waals surface area contributed by atoms with Crippen LogP contribution in [0.25, 0.3) is 0 Å². The Bertz CT molecular complexity index is 4380. The molecule has 97 heavy (non-hydrogen) atoms. The second-order valence-corrected chi connectivity index (χ2v) is 23.2. The van der Waals surface area contributed by atoms with Crippen LogP contribution in [0, 0.1) is 13.8 Å². The lowest BCUT2D eigenvalue weighted by atomic mass is 10.1. The Hall–Kier alpha value is -12.2. The molecular formula is C81H78N6O9S. The summed E-state index contributed by atoms with van der Waals surface area (Å²) in [6.07, 6.45) is 15.6. The summed E-state index contributed by atoms with van der Waals surface area (Å²) in [5, 5.41) is 15.2. The molecule has 0 saturated carbocycles. The van der Waals surface area contributed by atoms with Crippen LogP contribution in [0.15, 0.2) is 339 Å². The number of carbonyl (C=O) groups is 5. The maximum atomic E-state index is 12.1. The van der Waals surface area contributed by atoms with Crippen LogP contribution in [0.4, 0.5) is 28.4 Å². The standard InChI is InChI=1S/C17H18N2O3S.C17H17NO2.C16H15NO2.C16H15NO.C15H13NO/c1-19(2)23(21,22)16-10-6-9-15(13-16)18-12-11-17(20)14-7-4-3-5-8-14;1-13-10-15(12-16(11-13)20-2)18-9-8-17(19)14-6-4-3-5-7-14;1-19-15-9-5-8-14(12-15)17-11-10-16(18)13-6-3-2-4-7-13;1-13-6-5-9-15(12-13)17-11-10-16(18)14-7-3-2-4-8-14;17-15(13-7-3-1-4-8-13)11-12-16-14-9-5-2-6-10-14/h3-13,18H,1-2H3;3-12,18H,1-2H3;2-12,17H,1H3;2-12,17H,1H3;1-12,16H/b12-11-;9-8-;2*11-10-;12-11-. The maximum Gasteiger partial charge on any atom is 0.242 e. The predicted octanol–water partition coefficient (Wildman–Crippen LogP) is 17.4. The second-order valence-electron chi connectivity index (χ2n) is 21.1. The van der Waals surface area contributed by atoms with E-state index in [1.165, 1.54) is 68.4 Å². The van der Waals surface area contributed by atoms with Gasteiger partial charge < -0.3 is 36.1 Å². The number of methoxy groups -OCH3 is 2. The summed E-state index contributed by atoms with van der Waals surface area (Å²) in [7, 11) is 2.73. The molecule has 0 bridgehead atoms. The molecule has 5 N–H and O–H groups in total. The van der Waals surface area contributed by atoms with Crippen molar-refractivity contribution in [1.29, 1.82) is 0 Å². The number of anilines is 5. The van der Waals surface area contributed by atoms with E-state index in [0.29, 0.717) is 33.5 Å². The molecule has 10 rings (SSSR count). The van der Waals surface area contributed by atoms with Crippen molar-refractivity contribution in [2.24, 2.45) is 0 Å². The second kappa shape index (κ2) is 40.7. The van der Waals surface area contributed by atoms with E-state index < -0.39 is 10.0 Å². The lowest BCUT2D eigenvalue weighted by Crippen LogP contribution is -2.22. The fourth-order valence-corrected chi connectivity index (χ4v) is 9.40. The largest absolute Gasteiger partial charge is 0.497 e. The Morgan fingerprint density at radius 3 is 0.959 bits per heavy atom. The highest BCUT2D eigenvalue weighted by Crippen LogP contribution is 2.22. The number of nitrogens with zero attached hydrogens (tertiary/aromatic N) is 1. The van der Waals surface area contributed by atoms with Crippen LogP contribution in [0.2, 0.25) is 0 Å². The van der Waals surface area contributed by atoms with Gasteiger partial charge in [-0.3, -0.25) is 24.0 Å². The van der Waals surface area contributed by atoms with Gasteiger partial charge in [-0.25, -0.2) is 12.7 Å². The average molecular weight is 1310 g/mol. The summed E-state index contributed by atoms with van der Waals surface area (Å²) in [6, 6.07) is 83.1. The highest BCUT2D eigenvalue weighted by atomic mass is 32.2. The molecule has 0 fully saturated rings. The van der Waals surface area contributed by atoms with E-state index in [0.717, 1.165) is 44.1 Å². The number of para-hydroxylation sites is 1. The van der Waals surface area contributed by atoms with Gasteiger partial charge in [0.2, 0.25) is 10.0 Å². The summed E-state index contributed by atoms with van der Waals surface area (Å²) < 4.78 is 35.6. The summed E-state index contributed by atoms with van der Waals surface area (Å²) in [5.74, 6) is 1.36. The van der Waals surface area contributed by atoms with E-state index in [1.54, 1.807) is 124 Å². The highest BCUT2D eigenvalue weighted by molar-refractivity contribution is 7.89. The fourth-order valence-electron chi connectivity index (χ4n) is 8.45. The number of sulfonamides is 1. The van der Waals surface area contributed by atoms with Crippen LogP contribution in [-0.4, -0.2) is 70.0 Å². The molecule has 0 aliphatic rings. The zero-order chi connectivity index (χ0) is 69.5. The molecule has 0 heterocycles. The SMILES string of the molecule is CN(C)S(=O)(=O)c1cccc(N/C=C\C(=O)c2ccccc2)c1.COc1cc(C)cc(N/C=C\C(=O)c2ccccc2)c1.COc1cccc(N/C=C\C(=O)c2ccccc2)c1.Cc1cccc(N/C=C\C(=O)c2ccccc2)c1.O=C(/C=C\Nc1ccccc1)c1ccccc1. The number of ether oxygens (including phenoxy) is 2. The van der Waals surface area contributed by atoms with Crippen LogP contribution in [0.5, 0.6) is 11.5 Å². The van der Waals surface area contributed by atoms with Gasteiger partial charge in [0.1, 0.15) is 11.5 Å². The number of hydrogen-bond acceptors (Lipinski definition) is 14. The maximum absolute atomic E-state index is 12.1. The normalized spacial score (nSPS) is 10.8. The number of ketones is 5. The zero-order valence-corrected chi connectivity index (χ0v) is 55.6. The summed E-state index contributed by atoms with van der Waals surface area (Å²) in [5.41, 5.74) is 9.89. The van der Waals surface area contributed by atoms with Crippen LogP contribution in [0.3, 0.4) is 0 Å². The monoisotopic (exact) mass is 1310 g/mol. The van der Waals surface area contributed by atoms with Crippen LogP contribution < -0.4 is 36.1 Å². The smallest absolute Gasteiger partial charge is 0.242 e. The minimum Gasteiger partial charge on any atom is -0.497 e. The number of benzene rings is 10. The van der Waals surface area contributed by atoms with Gasteiger partial charge in [0.15, 0.2) is 28.9 Å². The van der Waals surface area contributed by atoms with Crippen molar-refractivity contribution in [2.45, 2.75) is 18.7 Å². The molecule has 0 aliphatic carbocycles. The van der Waals surface area contributed by atoms with Gasteiger partial charge in [0.05, 0.1) is 19.1 Å². The van der Waals surface area contributed by atoms with Crippen molar-refractivity contribution < 1.29 is 41.9 Å². The van der Waals surface area contributed by atoms with Gasteiger partial charge in [-0.05, 0) is 91.7 Å². The number of rotatable bonds is 24. The van der Waals surface area contributed by atoms with E-state index in [1.807, 2.05) is 190 Å². The zero-order valence-electron chi connectivity index (χ0n) is 54.8. The van der Waals surface area contributed by atoms with Gasteiger partial charge in [0, 0.05) is 144 Å². The molecule has 0 unspecified atom stereocenters. The number of aryl methyl sites for hydroxylation is 2. The molecule has 0 aromatic heterocycles. The molecular weight excluding hydrogens is 1230 g/mol. The molecule has 0 amide bonds. The van der Waals surface area contributed by atoms with Gasteiger partial charge in [-0.2, -0.15) is 0 Å². The third kappa shape index (κ3) is 27.1. The third-order valence-corrected chi connectivity index (χ3v) is 15.3. The van der Waals surface area contributed by atoms with E-state index in [4.69, 9.17) is 9.47 Å². The minimum absolute atomic E-state index is 0.00393. The van der Waals surface area contributed by atoms with Crippen LogP contribution >= 0.6 is 0 Å². The van der Waals surface area contributed by atoms with E-state index in [-0.39, 0.29) is 33.8 Å².